The molecule has 1 rings (SSSR count). The molecular formula is C10H11ClF3NOS. The van der Waals surface area contributed by atoms with E-state index in [1.807, 2.05) is 0 Å². The molecule has 0 fully saturated rings. The predicted molar refractivity (Wildman–Crippen MR) is 61.4 cm³/mol. The van der Waals surface area contributed by atoms with E-state index in [9.17, 15) is 17.4 Å². The van der Waals surface area contributed by atoms with E-state index in [0.717, 1.165) is 0 Å². The van der Waals surface area contributed by atoms with E-state index >= 15 is 0 Å². The molecule has 0 spiro atoms. The molecule has 0 heterocycles. The molecule has 0 saturated heterocycles. The maximum atomic E-state index is 12.7. The maximum Gasteiger partial charge on any atom is 0.403 e. The molecule has 2 atom stereocenters. The van der Waals surface area contributed by atoms with Crippen LogP contribution in [0.25, 0.3) is 0 Å². The number of hydrogen-bond donors (Lipinski definition) is 1. The molecule has 2 unspecified atom stereocenters. The summed E-state index contributed by atoms with van der Waals surface area (Å²) < 4.78 is 49.9. The molecule has 0 saturated carbocycles. The van der Waals surface area contributed by atoms with Crippen LogP contribution in [0.2, 0.25) is 5.02 Å². The summed E-state index contributed by atoms with van der Waals surface area (Å²) in [7, 11) is -2.24. The molecule has 17 heavy (non-hydrogen) atoms. The number of benzene rings is 1. The Balaban J connectivity index is 3.05. The first-order valence-electron chi connectivity index (χ1n) is 4.79. The van der Waals surface area contributed by atoms with Gasteiger partial charge in [-0.1, -0.05) is 23.7 Å². The second kappa shape index (κ2) is 5.84. The van der Waals surface area contributed by atoms with Crippen molar-refractivity contribution >= 4 is 22.4 Å². The van der Waals surface area contributed by atoms with E-state index in [4.69, 9.17) is 17.3 Å². The normalized spacial score (nSPS) is 15.6. The van der Waals surface area contributed by atoms with Crippen molar-refractivity contribution in [2.24, 2.45) is 5.73 Å². The Morgan fingerprint density at radius 3 is 2.41 bits per heavy atom. The van der Waals surface area contributed by atoms with Crippen molar-refractivity contribution in [2.75, 3.05) is 6.54 Å². The average Bonchev–Trinajstić information content (AvgIpc) is 2.24. The van der Waals surface area contributed by atoms with Crippen LogP contribution in [0, 0.1) is 0 Å². The van der Waals surface area contributed by atoms with Gasteiger partial charge in [-0.25, -0.2) is 0 Å². The van der Waals surface area contributed by atoms with Gasteiger partial charge in [-0.05, 0) is 25.1 Å². The number of halogens is 4. The van der Waals surface area contributed by atoms with Crippen molar-refractivity contribution in [2.45, 2.75) is 22.7 Å². The van der Waals surface area contributed by atoms with Crippen LogP contribution >= 0.6 is 11.6 Å². The summed E-state index contributed by atoms with van der Waals surface area (Å²) in [5.41, 5.74) is 5.11. The van der Waals surface area contributed by atoms with Crippen molar-refractivity contribution in [1.29, 1.82) is 0 Å². The van der Waals surface area contributed by atoms with E-state index in [0.29, 0.717) is 0 Å². The van der Waals surface area contributed by atoms with Crippen molar-refractivity contribution in [3.05, 3.63) is 29.3 Å². The molecule has 7 heteroatoms. The number of nitrogens with two attached hydrogens (primary N) is 1. The predicted octanol–water partition coefficient (Wildman–Crippen LogP) is 2.73. The highest BCUT2D eigenvalue weighted by Gasteiger charge is 2.44. The summed E-state index contributed by atoms with van der Waals surface area (Å²) in [6.45, 7) is -0.180. The van der Waals surface area contributed by atoms with Crippen LogP contribution in [0.1, 0.15) is 6.42 Å². The van der Waals surface area contributed by atoms with Gasteiger partial charge in [-0.3, -0.25) is 4.21 Å². The van der Waals surface area contributed by atoms with Crippen LogP contribution < -0.4 is 5.73 Å². The quantitative estimate of drug-likeness (QED) is 0.924. The Morgan fingerprint density at radius 2 is 1.94 bits per heavy atom. The molecule has 1 aromatic carbocycles. The Morgan fingerprint density at radius 1 is 1.35 bits per heavy atom. The van der Waals surface area contributed by atoms with Crippen molar-refractivity contribution in [1.82, 2.24) is 0 Å². The average molecular weight is 286 g/mol. The minimum atomic E-state index is -4.55. The van der Waals surface area contributed by atoms with Crippen molar-refractivity contribution < 1.29 is 17.4 Å². The lowest BCUT2D eigenvalue weighted by Gasteiger charge is -2.19. The smallest absolute Gasteiger partial charge is 0.330 e. The highest BCUT2D eigenvalue weighted by molar-refractivity contribution is 7.85. The first-order chi connectivity index (χ1) is 7.88. The largest absolute Gasteiger partial charge is 0.403 e. The van der Waals surface area contributed by atoms with Crippen molar-refractivity contribution in [3.63, 3.8) is 0 Å². The van der Waals surface area contributed by atoms with Gasteiger partial charge < -0.3 is 5.73 Å². The van der Waals surface area contributed by atoms with Crippen LogP contribution in [0.5, 0.6) is 0 Å². The van der Waals surface area contributed by atoms with Crippen LogP contribution in [0.3, 0.4) is 0 Å². The lowest BCUT2D eigenvalue weighted by molar-refractivity contribution is -0.130. The Kier molecular flexibility index (Phi) is 4.97. The molecule has 2 nitrogen and oxygen atoms in total. The minimum absolute atomic E-state index is 0.00931. The molecule has 2 N–H and O–H groups in total. The van der Waals surface area contributed by atoms with Gasteiger partial charge in [0.05, 0.1) is 20.7 Å². The summed E-state index contributed by atoms with van der Waals surface area (Å²) in [6.07, 6.45) is -4.94. The Hall–Kier alpha value is -0.590. The monoisotopic (exact) mass is 285 g/mol. The highest BCUT2D eigenvalue weighted by Crippen LogP contribution is 2.32. The number of alkyl halides is 3. The van der Waals surface area contributed by atoms with Crippen LogP contribution in [0.4, 0.5) is 13.2 Å². The Bertz CT molecular complexity index is 411. The van der Waals surface area contributed by atoms with Gasteiger partial charge in [0.1, 0.15) is 5.25 Å². The lowest BCUT2D eigenvalue weighted by atomic mass is 10.3. The van der Waals surface area contributed by atoms with E-state index in [2.05, 4.69) is 0 Å². The Labute approximate surface area is 104 Å². The molecule has 0 aliphatic carbocycles. The zero-order chi connectivity index (χ0) is 13.1. The fourth-order valence-electron chi connectivity index (χ4n) is 1.30. The molecule has 1 aromatic rings. The molecular weight excluding hydrogens is 275 g/mol. The lowest BCUT2D eigenvalue weighted by Crippen LogP contribution is -2.35. The van der Waals surface area contributed by atoms with Crippen LogP contribution in [0.15, 0.2) is 29.2 Å². The number of hydrogen-bond acceptors (Lipinski definition) is 2. The van der Waals surface area contributed by atoms with Gasteiger partial charge in [0.15, 0.2) is 0 Å². The third-order valence-corrected chi connectivity index (χ3v) is 4.36. The fourth-order valence-corrected chi connectivity index (χ4v) is 3.04. The zero-order valence-electron chi connectivity index (χ0n) is 8.71. The molecule has 0 aliphatic rings. The fraction of sp³-hybridized carbons (Fsp3) is 0.400. The molecule has 96 valence electrons. The molecule has 0 aromatic heterocycles. The third-order valence-electron chi connectivity index (χ3n) is 2.11. The molecule has 0 aliphatic heterocycles. The molecule has 0 radical (unpaired) electrons. The van der Waals surface area contributed by atoms with Crippen LogP contribution in [-0.2, 0) is 10.8 Å². The summed E-state index contributed by atoms with van der Waals surface area (Å²) in [5.74, 6) is 0. The first-order valence-corrected chi connectivity index (χ1v) is 6.39. The zero-order valence-corrected chi connectivity index (χ0v) is 10.3. The van der Waals surface area contributed by atoms with Crippen molar-refractivity contribution in [3.8, 4) is 0 Å². The summed E-state index contributed by atoms with van der Waals surface area (Å²) >= 11 is 5.72. The SMILES string of the molecule is NCCC(S(=O)c1ccccc1Cl)C(F)(F)F. The number of rotatable bonds is 4. The summed E-state index contributed by atoms with van der Waals surface area (Å²) in [6, 6.07) is 5.79. The van der Waals surface area contributed by atoms with Gasteiger partial charge in [0, 0.05) is 0 Å². The first kappa shape index (κ1) is 14.5. The van der Waals surface area contributed by atoms with Gasteiger partial charge in [-0.2, -0.15) is 13.2 Å². The molecule has 0 amide bonds. The second-order valence-corrected chi connectivity index (χ2v) is 5.35. The van der Waals surface area contributed by atoms with E-state index < -0.39 is 22.2 Å². The second-order valence-electron chi connectivity index (χ2n) is 3.34. The van der Waals surface area contributed by atoms with Gasteiger partial charge in [0.2, 0.25) is 0 Å². The maximum absolute atomic E-state index is 12.7. The minimum Gasteiger partial charge on any atom is -0.330 e. The van der Waals surface area contributed by atoms with Gasteiger partial charge in [0.25, 0.3) is 0 Å². The topological polar surface area (TPSA) is 43.1 Å². The van der Waals surface area contributed by atoms with E-state index in [1.54, 1.807) is 6.07 Å². The van der Waals surface area contributed by atoms with Gasteiger partial charge >= 0.3 is 6.18 Å². The standard InChI is InChI=1S/C10H11ClF3NOS/c11-7-3-1-2-4-8(7)17(16)9(5-6-15)10(12,13)14/h1-4,9H,5-6,15H2. The van der Waals surface area contributed by atoms with E-state index in [1.165, 1.54) is 18.2 Å². The summed E-state index contributed by atoms with van der Waals surface area (Å²) in [5, 5.41) is -1.91. The van der Waals surface area contributed by atoms with Gasteiger partial charge in [-0.15, -0.1) is 0 Å². The summed E-state index contributed by atoms with van der Waals surface area (Å²) in [4.78, 5) is -0.00931. The third kappa shape index (κ3) is 3.69. The molecule has 0 bridgehead atoms. The van der Waals surface area contributed by atoms with E-state index in [-0.39, 0.29) is 22.9 Å². The van der Waals surface area contributed by atoms with Crippen LogP contribution in [-0.4, -0.2) is 22.2 Å². The highest BCUT2D eigenvalue weighted by atomic mass is 35.5.